The summed E-state index contributed by atoms with van der Waals surface area (Å²) in [6.07, 6.45) is 0. The number of hydrogen-bond donors (Lipinski definition) is 1. The van der Waals surface area contributed by atoms with Crippen molar-refractivity contribution in [1.82, 2.24) is 0 Å². The lowest BCUT2D eigenvalue weighted by Crippen LogP contribution is -1.79. The molecule has 2 nitrogen and oxygen atoms in total. The Hall–Kier alpha value is -1.32. The highest BCUT2D eigenvalue weighted by Crippen LogP contribution is 2.26. The Morgan fingerprint density at radius 2 is 2.07 bits per heavy atom. The normalized spacial score (nSPS) is 10.6. The van der Waals surface area contributed by atoms with Crippen LogP contribution in [0, 0.1) is 5.82 Å². The summed E-state index contributed by atoms with van der Waals surface area (Å²) in [6.45, 7) is -0.158. The van der Waals surface area contributed by atoms with Gasteiger partial charge in [-0.3, -0.25) is 0 Å². The predicted molar refractivity (Wildman–Crippen MR) is 55.0 cm³/mol. The lowest BCUT2D eigenvalue weighted by molar-refractivity contribution is 0.248. The van der Waals surface area contributed by atoms with Crippen LogP contribution in [-0.2, 0) is 6.61 Å². The second kappa shape index (κ2) is 4.04. The number of furan rings is 1. The third-order valence-corrected chi connectivity index (χ3v) is 2.31. The summed E-state index contributed by atoms with van der Waals surface area (Å²) in [7, 11) is 0. The predicted octanol–water partition coefficient (Wildman–Crippen LogP) is 3.23. The molecule has 0 unspecified atom stereocenters. The van der Waals surface area contributed by atoms with Gasteiger partial charge in [-0.05, 0) is 30.3 Å². The van der Waals surface area contributed by atoms with Gasteiger partial charge in [0.2, 0.25) is 0 Å². The summed E-state index contributed by atoms with van der Waals surface area (Å²) < 4.78 is 18.2. The molecule has 0 amide bonds. The van der Waals surface area contributed by atoms with E-state index in [1.54, 1.807) is 18.2 Å². The standard InChI is InChI=1S/C11H8ClFO2/c12-9-5-7(1-3-10(9)13)11-4-2-8(6-14)15-11/h1-5,14H,6H2. The van der Waals surface area contributed by atoms with E-state index >= 15 is 0 Å². The number of aliphatic hydroxyl groups is 1. The zero-order valence-corrected chi connectivity index (χ0v) is 8.46. The molecule has 1 heterocycles. The summed E-state index contributed by atoms with van der Waals surface area (Å²) in [6, 6.07) is 7.69. The average molecular weight is 227 g/mol. The molecule has 0 aliphatic rings. The second-order valence-electron chi connectivity index (χ2n) is 3.05. The molecule has 0 aliphatic carbocycles. The molecule has 0 radical (unpaired) electrons. The van der Waals surface area contributed by atoms with Crippen molar-refractivity contribution in [3.63, 3.8) is 0 Å². The molecule has 2 rings (SSSR count). The van der Waals surface area contributed by atoms with Crippen molar-refractivity contribution in [2.24, 2.45) is 0 Å². The van der Waals surface area contributed by atoms with Gasteiger partial charge in [-0.15, -0.1) is 0 Å². The van der Waals surface area contributed by atoms with Crippen molar-refractivity contribution >= 4 is 11.6 Å². The van der Waals surface area contributed by atoms with Crippen molar-refractivity contribution in [2.45, 2.75) is 6.61 Å². The molecule has 0 spiro atoms. The van der Waals surface area contributed by atoms with Crippen LogP contribution in [0.2, 0.25) is 5.02 Å². The maximum absolute atomic E-state index is 12.9. The molecular formula is C11H8ClFO2. The summed E-state index contributed by atoms with van der Waals surface area (Å²) >= 11 is 5.64. The molecule has 4 heteroatoms. The smallest absolute Gasteiger partial charge is 0.141 e. The highest BCUT2D eigenvalue weighted by Gasteiger charge is 2.06. The van der Waals surface area contributed by atoms with Crippen LogP contribution >= 0.6 is 11.6 Å². The van der Waals surface area contributed by atoms with E-state index in [1.807, 2.05) is 0 Å². The van der Waals surface area contributed by atoms with Gasteiger partial charge in [0.15, 0.2) is 0 Å². The molecule has 0 fully saturated rings. The second-order valence-corrected chi connectivity index (χ2v) is 3.46. The molecular weight excluding hydrogens is 219 g/mol. The van der Waals surface area contributed by atoms with Crippen molar-refractivity contribution in [1.29, 1.82) is 0 Å². The fraction of sp³-hybridized carbons (Fsp3) is 0.0909. The fourth-order valence-corrected chi connectivity index (χ4v) is 1.45. The summed E-state index contributed by atoms with van der Waals surface area (Å²) in [5.74, 6) is 0.556. The van der Waals surface area contributed by atoms with Crippen LogP contribution in [0.25, 0.3) is 11.3 Å². The van der Waals surface area contributed by atoms with Crippen LogP contribution < -0.4 is 0 Å². The summed E-state index contributed by atoms with van der Waals surface area (Å²) in [4.78, 5) is 0. The van der Waals surface area contributed by atoms with Gasteiger partial charge < -0.3 is 9.52 Å². The van der Waals surface area contributed by atoms with Crippen LogP contribution in [0.1, 0.15) is 5.76 Å². The van der Waals surface area contributed by atoms with E-state index in [0.717, 1.165) is 0 Å². The maximum Gasteiger partial charge on any atom is 0.141 e. The first-order chi connectivity index (χ1) is 7.20. The van der Waals surface area contributed by atoms with Gasteiger partial charge in [-0.2, -0.15) is 0 Å². The molecule has 15 heavy (non-hydrogen) atoms. The van der Waals surface area contributed by atoms with Crippen LogP contribution in [0.5, 0.6) is 0 Å². The molecule has 0 atom stereocenters. The third-order valence-electron chi connectivity index (χ3n) is 2.02. The largest absolute Gasteiger partial charge is 0.459 e. The lowest BCUT2D eigenvalue weighted by Gasteiger charge is -1.98. The quantitative estimate of drug-likeness (QED) is 0.853. The van der Waals surface area contributed by atoms with E-state index < -0.39 is 5.82 Å². The van der Waals surface area contributed by atoms with E-state index in [0.29, 0.717) is 17.1 Å². The molecule has 1 N–H and O–H groups in total. The van der Waals surface area contributed by atoms with Crippen molar-refractivity contribution < 1.29 is 13.9 Å². The lowest BCUT2D eigenvalue weighted by atomic mass is 10.2. The zero-order valence-electron chi connectivity index (χ0n) is 7.71. The van der Waals surface area contributed by atoms with E-state index in [4.69, 9.17) is 21.1 Å². The highest BCUT2D eigenvalue weighted by atomic mass is 35.5. The minimum Gasteiger partial charge on any atom is -0.459 e. The van der Waals surface area contributed by atoms with Crippen molar-refractivity contribution in [2.75, 3.05) is 0 Å². The zero-order chi connectivity index (χ0) is 10.8. The summed E-state index contributed by atoms with van der Waals surface area (Å²) in [5.41, 5.74) is 0.682. The maximum atomic E-state index is 12.9. The first kappa shape index (κ1) is 10.2. The number of benzene rings is 1. The number of rotatable bonds is 2. The first-order valence-corrected chi connectivity index (χ1v) is 4.73. The molecule has 0 saturated heterocycles. The van der Waals surface area contributed by atoms with Gasteiger partial charge in [-0.25, -0.2) is 4.39 Å². The molecule has 0 bridgehead atoms. The van der Waals surface area contributed by atoms with Gasteiger partial charge >= 0.3 is 0 Å². The Kier molecular flexibility index (Phi) is 2.75. The van der Waals surface area contributed by atoms with Crippen LogP contribution in [0.15, 0.2) is 34.7 Å². The SMILES string of the molecule is OCc1ccc(-c2ccc(F)c(Cl)c2)o1. The Morgan fingerprint density at radius 3 is 2.67 bits per heavy atom. The summed E-state index contributed by atoms with van der Waals surface area (Å²) in [5, 5.41) is 8.87. The number of hydrogen-bond acceptors (Lipinski definition) is 2. The first-order valence-electron chi connectivity index (χ1n) is 4.35. The molecule has 78 valence electrons. The van der Waals surface area contributed by atoms with E-state index in [1.165, 1.54) is 12.1 Å². The van der Waals surface area contributed by atoms with Crippen LogP contribution in [-0.4, -0.2) is 5.11 Å². The molecule has 0 aliphatic heterocycles. The minimum atomic E-state index is -0.464. The Labute approximate surface area is 90.9 Å². The molecule has 1 aromatic heterocycles. The van der Waals surface area contributed by atoms with Gasteiger partial charge in [0.25, 0.3) is 0 Å². The molecule has 0 saturated carbocycles. The van der Waals surface area contributed by atoms with E-state index in [2.05, 4.69) is 0 Å². The van der Waals surface area contributed by atoms with Crippen LogP contribution in [0.3, 0.4) is 0 Å². The van der Waals surface area contributed by atoms with Crippen molar-refractivity contribution in [3.05, 3.63) is 46.9 Å². The van der Waals surface area contributed by atoms with E-state index in [-0.39, 0.29) is 11.6 Å². The molecule has 1 aromatic carbocycles. The van der Waals surface area contributed by atoms with Gasteiger partial charge in [0.1, 0.15) is 23.9 Å². The van der Waals surface area contributed by atoms with Gasteiger partial charge in [-0.1, -0.05) is 11.6 Å². The third kappa shape index (κ3) is 2.03. The Morgan fingerprint density at radius 1 is 1.27 bits per heavy atom. The highest BCUT2D eigenvalue weighted by molar-refractivity contribution is 6.31. The number of aliphatic hydroxyl groups excluding tert-OH is 1. The van der Waals surface area contributed by atoms with Crippen LogP contribution in [0.4, 0.5) is 4.39 Å². The van der Waals surface area contributed by atoms with E-state index in [9.17, 15) is 4.39 Å². The monoisotopic (exact) mass is 226 g/mol. The minimum absolute atomic E-state index is 0.0504. The Balaban J connectivity index is 2.40. The van der Waals surface area contributed by atoms with Crippen molar-refractivity contribution in [3.8, 4) is 11.3 Å². The Bertz CT molecular complexity index is 479. The fourth-order valence-electron chi connectivity index (χ4n) is 1.27. The topological polar surface area (TPSA) is 33.4 Å². The van der Waals surface area contributed by atoms with Gasteiger partial charge in [0.05, 0.1) is 5.02 Å². The molecule has 2 aromatic rings. The van der Waals surface area contributed by atoms with Gasteiger partial charge in [0, 0.05) is 5.56 Å². The average Bonchev–Trinajstić information content (AvgIpc) is 2.70. The number of halogens is 2.